The fraction of sp³-hybridized carbons (Fsp3) is 0.0714. The van der Waals surface area contributed by atoms with Crippen molar-refractivity contribution in [2.24, 2.45) is 0 Å². The predicted octanol–water partition coefficient (Wildman–Crippen LogP) is 3.03. The second-order valence-electron chi connectivity index (χ2n) is 4.18. The van der Waals surface area contributed by atoms with Crippen LogP contribution in [0.3, 0.4) is 0 Å². The van der Waals surface area contributed by atoms with Crippen LogP contribution in [0.15, 0.2) is 48.7 Å². The van der Waals surface area contributed by atoms with E-state index in [0.717, 1.165) is 29.4 Å². The van der Waals surface area contributed by atoms with Gasteiger partial charge < -0.3 is 4.74 Å². The highest BCUT2D eigenvalue weighted by Gasteiger charge is 2.21. The lowest BCUT2D eigenvalue weighted by molar-refractivity contribution is 0.443. The summed E-state index contributed by atoms with van der Waals surface area (Å²) in [6.07, 6.45) is 2.90. The Hall–Kier alpha value is -2.29. The van der Waals surface area contributed by atoms with Gasteiger partial charge in [0.25, 0.3) is 0 Å². The van der Waals surface area contributed by atoms with Crippen LogP contribution >= 0.6 is 0 Å². The lowest BCUT2D eigenvalue weighted by atomic mass is 10.1. The number of nitrogens with zero attached hydrogens (tertiary/aromatic N) is 2. The average Bonchev–Trinajstić information content (AvgIpc) is 2.73. The molecule has 3 heterocycles. The fourth-order valence-electron chi connectivity index (χ4n) is 2.30. The van der Waals surface area contributed by atoms with E-state index in [1.54, 1.807) is 0 Å². The van der Waals surface area contributed by atoms with Crippen molar-refractivity contribution in [3.05, 3.63) is 59.9 Å². The van der Waals surface area contributed by atoms with Crippen LogP contribution < -0.4 is 4.74 Å². The van der Waals surface area contributed by atoms with Gasteiger partial charge in [-0.3, -0.25) is 4.40 Å². The molecule has 0 bridgehead atoms. The summed E-state index contributed by atoms with van der Waals surface area (Å²) in [6, 6.07) is 14.1. The van der Waals surface area contributed by atoms with E-state index in [2.05, 4.69) is 15.5 Å². The fourth-order valence-corrected chi connectivity index (χ4v) is 2.30. The van der Waals surface area contributed by atoms with Crippen molar-refractivity contribution in [1.29, 1.82) is 0 Å². The molecule has 82 valence electrons. The summed E-state index contributed by atoms with van der Waals surface area (Å²) in [6.45, 7) is 0. The summed E-state index contributed by atoms with van der Waals surface area (Å²) in [7, 11) is 0. The van der Waals surface area contributed by atoms with Gasteiger partial charge in [0, 0.05) is 18.2 Å². The Labute approximate surface area is 98.3 Å². The van der Waals surface area contributed by atoms with Crippen LogP contribution in [0.1, 0.15) is 11.3 Å². The van der Waals surface area contributed by atoms with Crippen LogP contribution in [-0.4, -0.2) is 9.38 Å². The van der Waals surface area contributed by atoms with E-state index in [-0.39, 0.29) is 0 Å². The van der Waals surface area contributed by atoms with Crippen LogP contribution in [0.4, 0.5) is 0 Å². The van der Waals surface area contributed by atoms with Crippen LogP contribution in [0.25, 0.3) is 5.65 Å². The van der Waals surface area contributed by atoms with Crippen LogP contribution in [0.5, 0.6) is 11.6 Å². The van der Waals surface area contributed by atoms with Crippen molar-refractivity contribution in [1.82, 2.24) is 9.38 Å². The van der Waals surface area contributed by atoms with Gasteiger partial charge in [0.05, 0.1) is 5.69 Å². The normalized spacial score (nSPS) is 12.9. The first-order valence-corrected chi connectivity index (χ1v) is 5.63. The van der Waals surface area contributed by atoms with Gasteiger partial charge in [0.1, 0.15) is 11.4 Å². The maximum Gasteiger partial charge on any atom is 0.241 e. The molecule has 0 fully saturated rings. The second kappa shape index (κ2) is 3.10. The summed E-state index contributed by atoms with van der Waals surface area (Å²) >= 11 is 0. The van der Waals surface area contributed by atoms with Crippen molar-refractivity contribution in [2.45, 2.75) is 6.42 Å². The third-order valence-electron chi connectivity index (χ3n) is 3.13. The average molecular weight is 222 g/mol. The number of imidazole rings is 1. The minimum Gasteiger partial charge on any atom is -0.437 e. The molecule has 17 heavy (non-hydrogen) atoms. The van der Waals surface area contributed by atoms with Crippen LogP contribution in [0, 0.1) is 0 Å². The zero-order valence-corrected chi connectivity index (χ0v) is 9.13. The number of benzene rings is 1. The highest BCUT2D eigenvalue weighted by Crippen LogP contribution is 2.35. The monoisotopic (exact) mass is 222 g/mol. The Morgan fingerprint density at radius 3 is 2.94 bits per heavy atom. The van der Waals surface area contributed by atoms with E-state index in [4.69, 9.17) is 4.74 Å². The van der Waals surface area contributed by atoms with Gasteiger partial charge in [-0.1, -0.05) is 24.3 Å². The van der Waals surface area contributed by atoms with Gasteiger partial charge in [0.2, 0.25) is 5.88 Å². The molecule has 2 aromatic heterocycles. The topological polar surface area (TPSA) is 26.5 Å². The highest BCUT2D eigenvalue weighted by molar-refractivity contribution is 5.52. The highest BCUT2D eigenvalue weighted by atomic mass is 16.5. The van der Waals surface area contributed by atoms with Gasteiger partial charge in [-0.15, -0.1) is 0 Å². The Kier molecular flexibility index (Phi) is 1.61. The molecule has 0 unspecified atom stereocenters. The Morgan fingerprint density at radius 2 is 1.94 bits per heavy atom. The van der Waals surface area contributed by atoms with E-state index in [0.29, 0.717) is 0 Å². The summed E-state index contributed by atoms with van der Waals surface area (Å²) in [4.78, 5) is 4.49. The molecule has 1 aromatic carbocycles. The van der Waals surface area contributed by atoms with Crippen LogP contribution in [0.2, 0.25) is 0 Å². The van der Waals surface area contributed by atoms with Gasteiger partial charge in [-0.2, -0.15) is 4.98 Å². The third kappa shape index (κ3) is 1.19. The zero-order chi connectivity index (χ0) is 11.2. The lowest BCUT2D eigenvalue weighted by Crippen LogP contribution is -2.03. The molecule has 1 aliphatic heterocycles. The van der Waals surface area contributed by atoms with Crippen LogP contribution in [-0.2, 0) is 6.42 Å². The van der Waals surface area contributed by atoms with Crippen molar-refractivity contribution in [2.75, 3.05) is 0 Å². The van der Waals surface area contributed by atoms with Gasteiger partial charge in [-0.05, 0) is 18.2 Å². The van der Waals surface area contributed by atoms with Gasteiger partial charge >= 0.3 is 0 Å². The standard InChI is InChI=1S/C14H10N2O/c1-2-6-12-10(5-1)9-11-14(17-12)15-13-7-3-4-8-16(11)13/h1-8H,9H2. The minimum absolute atomic E-state index is 0.731. The maximum atomic E-state index is 5.83. The summed E-state index contributed by atoms with van der Waals surface area (Å²) in [5.74, 6) is 1.65. The molecule has 0 spiro atoms. The smallest absolute Gasteiger partial charge is 0.241 e. The summed E-state index contributed by atoms with van der Waals surface area (Å²) in [5.41, 5.74) is 3.27. The molecule has 0 atom stereocenters. The number of aromatic nitrogens is 2. The van der Waals surface area contributed by atoms with E-state index in [1.807, 2.05) is 42.6 Å². The molecule has 1 aliphatic rings. The van der Waals surface area contributed by atoms with E-state index in [1.165, 1.54) is 5.56 Å². The number of pyridine rings is 1. The van der Waals surface area contributed by atoms with Crippen molar-refractivity contribution in [3.8, 4) is 11.6 Å². The summed E-state index contributed by atoms with van der Waals surface area (Å²) in [5, 5.41) is 0. The molecule has 0 aliphatic carbocycles. The zero-order valence-electron chi connectivity index (χ0n) is 9.13. The number of ether oxygens (including phenoxy) is 1. The number of hydrogen-bond donors (Lipinski definition) is 0. The quantitative estimate of drug-likeness (QED) is 0.457. The molecular weight excluding hydrogens is 212 g/mol. The van der Waals surface area contributed by atoms with Crippen molar-refractivity contribution < 1.29 is 4.74 Å². The van der Waals surface area contributed by atoms with E-state index in [9.17, 15) is 0 Å². The van der Waals surface area contributed by atoms with Crippen molar-refractivity contribution in [3.63, 3.8) is 0 Å². The molecular formula is C14H10N2O. The largest absolute Gasteiger partial charge is 0.437 e. The SMILES string of the molecule is c1ccc2c(c1)Cc1c(nc3ccccn13)O2. The molecule has 0 saturated carbocycles. The Morgan fingerprint density at radius 1 is 1.06 bits per heavy atom. The second-order valence-corrected chi connectivity index (χ2v) is 4.18. The number of para-hydroxylation sites is 1. The molecule has 3 aromatic rings. The molecule has 3 nitrogen and oxygen atoms in total. The molecule has 0 amide bonds. The molecule has 3 heteroatoms. The minimum atomic E-state index is 0.731. The number of rotatable bonds is 0. The first-order chi connectivity index (χ1) is 8.42. The van der Waals surface area contributed by atoms with Crippen molar-refractivity contribution >= 4 is 5.65 Å². The predicted molar refractivity (Wildman–Crippen MR) is 64.5 cm³/mol. The van der Waals surface area contributed by atoms with E-state index < -0.39 is 0 Å². The Bertz CT molecular complexity index is 715. The first kappa shape index (κ1) is 8.82. The lowest BCUT2D eigenvalue weighted by Gasteiger charge is -2.15. The van der Waals surface area contributed by atoms with E-state index >= 15 is 0 Å². The summed E-state index contributed by atoms with van der Waals surface area (Å²) < 4.78 is 7.92. The number of fused-ring (bicyclic) bond motifs is 4. The first-order valence-electron chi connectivity index (χ1n) is 5.63. The maximum absolute atomic E-state index is 5.83. The Balaban J connectivity index is 1.97. The van der Waals surface area contributed by atoms with Gasteiger partial charge in [0.15, 0.2) is 0 Å². The molecule has 0 N–H and O–H groups in total. The number of hydrogen-bond acceptors (Lipinski definition) is 2. The molecule has 0 saturated heterocycles. The third-order valence-corrected chi connectivity index (χ3v) is 3.13. The van der Waals surface area contributed by atoms with Gasteiger partial charge in [-0.25, -0.2) is 0 Å². The molecule has 4 rings (SSSR count). The molecule has 0 radical (unpaired) electrons.